The van der Waals surface area contributed by atoms with Crippen LogP contribution in [0.3, 0.4) is 0 Å². The van der Waals surface area contributed by atoms with Crippen LogP contribution in [0.4, 0.5) is 5.82 Å². The van der Waals surface area contributed by atoms with E-state index in [0.717, 1.165) is 5.75 Å². The number of hydrogen-bond donors (Lipinski definition) is 2. The van der Waals surface area contributed by atoms with Gasteiger partial charge in [-0.2, -0.15) is 11.8 Å². The molecule has 0 aromatic carbocycles. The van der Waals surface area contributed by atoms with Gasteiger partial charge in [-0.3, -0.25) is 0 Å². The predicted octanol–water partition coefficient (Wildman–Crippen LogP) is 0.941. The Morgan fingerprint density at radius 1 is 1.59 bits per heavy atom. The van der Waals surface area contributed by atoms with Crippen LogP contribution in [0, 0.1) is 5.92 Å². The molecule has 17 heavy (non-hydrogen) atoms. The summed E-state index contributed by atoms with van der Waals surface area (Å²) in [6.45, 7) is 2.42. The molecule has 0 radical (unpaired) electrons. The Morgan fingerprint density at radius 3 is 2.88 bits per heavy atom. The molecule has 0 spiro atoms. The fraction of sp³-hybridized carbons (Fsp3) is 0.500. The van der Waals surface area contributed by atoms with E-state index in [2.05, 4.69) is 9.71 Å². The van der Waals surface area contributed by atoms with Gasteiger partial charge in [0.1, 0.15) is 5.82 Å². The van der Waals surface area contributed by atoms with Gasteiger partial charge in [0.15, 0.2) is 0 Å². The summed E-state index contributed by atoms with van der Waals surface area (Å²) in [5, 5.41) is 0. The molecule has 0 aliphatic rings. The van der Waals surface area contributed by atoms with Crippen molar-refractivity contribution in [3.05, 3.63) is 18.3 Å². The summed E-state index contributed by atoms with van der Waals surface area (Å²) in [4.78, 5) is 3.91. The van der Waals surface area contributed by atoms with Gasteiger partial charge in [-0.15, -0.1) is 0 Å². The molecule has 0 amide bonds. The fourth-order valence-electron chi connectivity index (χ4n) is 1.27. The number of aromatic nitrogens is 1. The maximum absolute atomic E-state index is 11.9. The van der Waals surface area contributed by atoms with Crippen molar-refractivity contribution >= 4 is 27.6 Å². The zero-order valence-corrected chi connectivity index (χ0v) is 11.5. The third kappa shape index (κ3) is 4.53. The molecule has 0 saturated carbocycles. The first-order valence-corrected chi connectivity index (χ1v) is 8.03. The summed E-state index contributed by atoms with van der Waals surface area (Å²) in [5.74, 6) is 1.41. The second-order valence-electron chi connectivity index (χ2n) is 3.83. The van der Waals surface area contributed by atoms with Crippen molar-refractivity contribution in [2.24, 2.45) is 5.92 Å². The van der Waals surface area contributed by atoms with E-state index in [-0.39, 0.29) is 10.7 Å². The van der Waals surface area contributed by atoms with E-state index in [9.17, 15) is 8.42 Å². The molecule has 3 N–H and O–H groups in total. The first-order chi connectivity index (χ1) is 7.95. The number of nitrogens with one attached hydrogen (secondary N) is 1. The molecule has 1 aromatic rings. The van der Waals surface area contributed by atoms with E-state index >= 15 is 0 Å². The van der Waals surface area contributed by atoms with Gasteiger partial charge >= 0.3 is 0 Å². The van der Waals surface area contributed by atoms with E-state index in [0.29, 0.717) is 12.5 Å². The highest BCUT2D eigenvalue weighted by Gasteiger charge is 2.15. The van der Waals surface area contributed by atoms with E-state index in [4.69, 9.17) is 5.73 Å². The molecule has 96 valence electrons. The minimum absolute atomic E-state index is 0.154. The summed E-state index contributed by atoms with van der Waals surface area (Å²) in [7, 11) is -3.48. The summed E-state index contributed by atoms with van der Waals surface area (Å²) < 4.78 is 26.3. The van der Waals surface area contributed by atoms with Gasteiger partial charge in [-0.05, 0) is 24.0 Å². The highest BCUT2D eigenvalue weighted by atomic mass is 32.2. The fourth-order valence-corrected chi connectivity index (χ4v) is 3.15. The maximum Gasteiger partial charge on any atom is 0.240 e. The normalized spacial score (nSPS) is 13.5. The lowest BCUT2D eigenvalue weighted by Gasteiger charge is -2.11. The zero-order chi connectivity index (χ0) is 12.9. The number of thioether (sulfide) groups is 1. The molecule has 1 unspecified atom stereocenters. The molecule has 5 nitrogen and oxygen atoms in total. The first-order valence-electron chi connectivity index (χ1n) is 5.16. The zero-order valence-electron chi connectivity index (χ0n) is 9.88. The second-order valence-corrected chi connectivity index (χ2v) is 6.51. The smallest absolute Gasteiger partial charge is 0.240 e. The van der Waals surface area contributed by atoms with E-state index in [1.165, 1.54) is 18.3 Å². The SMILES string of the molecule is CSCC(C)CNS(=O)(=O)c1ccnc(N)c1. The number of nitrogen functional groups attached to an aromatic ring is 1. The van der Waals surface area contributed by atoms with Crippen LogP contribution in [0.1, 0.15) is 6.92 Å². The van der Waals surface area contributed by atoms with Gasteiger partial charge in [0, 0.05) is 18.8 Å². The van der Waals surface area contributed by atoms with Crippen LogP contribution in [-0.4, -0.2) is 32.0 Å². The number of nitrogens with zero attached hydrogens (tertiary/aromatic N) is 1. The lowest BCUT2D eigenvalue weighted by atomic mass is 10.2. The molecular weight excluding hydrogens is 258 g/mol. The molecule has 0 saturated heterocycles. The highest BCUT2D eigenvalue weighted by molar-refractivity contribution is 7.98. The minimum Gasteiger partial charge on any atom is -0.384 e. The van der Waals surface area contributed by atoms with Gasteiger partial charge < -0.3 is 5.73 Å². The topological polar surface area (TPSA) is 85.1 Å². The van der Waals surface area contributed by atoms with E-state index in [1.54, 1.807) is 11.8 Å². The van der Waals surface area contributed by atoms with Crippen LogP contribution in [0.25, 0.3) is 0 Å². The Balaban J connectivity index is 2.69. The number of sulfonamides is 1. The quantitative estimate of drug-likeness (QED) is 0.807. The molecule has 7 heteroatoms. The number of rotatable bonds is 6. The van der Waals surface area contributed by atoms with Crippen LogP contribution in [0.2, 0.25) is 0 Å². The molecular formula is C10H17N3O2S2. The minimum atomic E-state index is -3.48. The largest absolute Gasteiger partial charge is 0.384 e. The van der Waals surface area contributed by atoms with Crippen molar-refractivity contribution in [2.75, 3.05) is 24.3 Å². The average Bonchev–Trinajstić information content (AvgIpc) is 2.27. The van der Waals surface area contributed by atoms with Gasteiger partial charge in [0.05, 0.1) is 4.90 Å². The molecule has 0 aliphatic carbocycles. The predicted molar refractivity (Wildman–Crippen MR) is 71.4 cm³/mol. The van der Waals surface area contributed by atoms with Crippen molar-refractivity contribution in [1.82, 2.24) is 9.71 Å². The average molecular weight is 275 g/mol. The highest BCUT2D eigenvalue weighted by Crippen LogP contribution is 2.11. The van der Waals surface area contributed by atoms with Crippen LogP contribution in [0.15, 0.2) is 23.2 Å². The van der Waals surface area contributed by atoms with Crippen molar-refractivity contribution in [3.63, 3.8) is 0 Å². The third-order valence-corrected chi connectivity index (χ3v) is 4.46. The van der Waals surface area contributed by atoms with Crippen molar-refractivity contribution in [1.29, 1.82) is 0 Å². The summed E-state index contributed by atoms with van der Waals surface area (Å²) in [6, 6.07) is 2.78. The number of pyridine rings is 1. The monoisotopic (exact) mass is 275 g/mol. The molecule has 1 heterocycles. The van der Waals surface area contributed by atoms with Crippen molar-refractivity contribution in [3.8, 4) is 0 Å². The van der Waals surface area contributed by atoms with Gasteiger partial charge in [0.2, 0.25) is 10.0 Å². The number of nitrogens with two attached hydrogens (primary N) is 1. The van der Waals surface area contributed by atoms with Crippen LogP contribution >= 0.6 is 11.8 Å². The molecule has 0 bridgehead atoms. The molecule has 1 rings (SSSR count). The van der Waals surface area contributed by atoms with Crippen LogP contribution in [-0.2, 0) is 10.0 Å². The Labute approximate surface area is 106 Å². The van der Waals surface area contributed by atoms with Crippen LogP contribution in [0.5, 0.6) is 0 Å². The molecule has 1 atom stereocenters. The lowest BCUT2D eigenvalue weighted by molar-refractivity contribution is 0.562. The molecule has 0 aliphatic heterocycles. The Bertz CT molecular complexity index is 462. The van der Waals surface area contributed by atoms with Crippen molar-refractivity contribution < 1.29 is 8.42 Å². The van der Waals surface area contributed by atoms with Gasteiger partial charge in [-0.25, -0.2) is 18.1 Å². The second kappa shape index (κ2) is 6.23. The van der Waals surface area contributed by atoms with E-state index in [1.807, 2.05) is 13.2 Å². The first kappa shape index (κ1) is 14.3. The maximum atomic E-state index is 11.9. The van der Waals surface area contributed by atoms with Crippen LogP contribution < -0.4 is 10.5 Å². The molecule has 1 aromatic heterocycles. The number of anilines is 1. The Kier molecular flexibility index (Phi) is 5.23. The molecule has 0 fully saturated rings. The standard InChI is InChI=1S/C10H17N3O2S2/c1-8(7-16-2)6-13-17(14,15)9-3-4-12-10(11)5-9/h3-5,8,13H,6-7H2,1-2H3,(H2,11,12). The summed E-state index contributed by atoms with van der Waals surface area (Å²) in [5.41, 5.74) is 5.45. The summed E-state index contributed by atoms with van der Waals surface area (Å²) >= 11 is 1.69. The lowest BCUT2D eigenvalue weighted by Crippen LogP contribution is -2.29. The van der Waals surface area contributed by atoms with Gasteiger partial charge in [-0.1, -0.05) is 6.92 Å². The Morgan fingerprint density at radius 2 is 2.29 bits per heavy atom. The third-order valence-electron chi connectivity index (χ3n) is 2.14. The van der Waals surface area contributed by atoms with Crippen molar-refractivity contribution in [2.45, 2.75) is 11.8 Å². The van der Waals surface area contributed by atoms with E-state index < -0.39 is 10.0 Å². The number of hydrogen-bond acceptors (Lipinski definition) is 5. The Hall–Kier alpha value is -0.790. The summed E-state index contributed by atoms with van der Waals surface area (Å²) in [6.07, 6.45) is 3.38. The van der Waals surface area contributed by atoms with Gasteiger partial charge in [0.25, 0.3) is 0 Å².